The number of nitrogens with zero attached hydrogens (tertiary/aromatic N) is 2. The molecule has 0 saturated heterocycles. The molecule has 162 valence electrons. The van der Waals surface area contributed by atoms with Crippen LogP contribution in [-0.2, 0) is 17.1 Å². The summed E-state index contributed by atoms with van der Waals surface area (Å²) in [7, 11) is -1.94. The fourth-order valence-electron chi connectivity index (χ4n) is 4.01. The molecule has 0 aliphatic carbocycles. The molecule has 4 aromatic rings. The van der Waals surface area contributed by atoms with Crippen LogP contribution in [0.3, 0.4) is 0 Å². The van der Waals surface area contributed by atoms with Gasteiger partial charge in [-0.25, -0.2) is 13.1 Å². The first-order valence-corrected chi connectivity index (χ1v) is 11.6. The molecule has 2 aromatic heterocycles. The van der Waals surface area contributed by atoms with E-state index in [1.807, 2.05) is 46.9 Å². The normalized spacial score (nSPS) is 12.1. The molecule has 0 spiro atoms. The first-order chi connectivity index (χ1) is 14.6. The Hall–Kier alpha value is -3.26. The highest BCUT2D eigenvalue weighted by molar-refractivity contribution is 7.92. The van der Waals surface area contributed by atoms with Gasteiger partial charge in [-0.3, -0.25) is 14.2 Å². The second-order valence-electron chi connectivity index (χ2n) is 8.15. The number of aromatic nitrogens is 3. The van der Waals surface area contributed by atoms with E-state index in [2.05, 4.69) is 9.71 Å². The van der Waals surface area contributed by atoms with Crippen LogP contribution in [-0.4, -0.2) is 22.8 Å². The summed E-state index contributed by atoms with van der Waals surface area (Å²) < 4.78 is 31.8. The van der Waals surface area contributed by atoms with Crippen molar-refractivity contribution in [1.82, 2.24) is 14.3 Å². The van der Waals surface area contributed by atoms with Crippen molar-refractivity contribution in [2.75, 3.05) is 4.72 Å². The maximum absolute atomic E-state index is 12.9. The van der Waals surface area contributed by atoms with Crippen LogP contribution in [0.15, 0.2) is 58.2 Å². The predicted octanol–water partition coefficient (Wildman–Crippen LogP) is 4.20. The Morgan fingerprint density at radius 2 is 1.68 bits per heavy atom. The van der Waals surface area contributed by atoms with E-state index < -0.39 is 10.0 Å². The molecule has 0 unspecified atom stereocenters. The van der Waals surface area contributed by atoms with Crippen molar-refractivity contribution in [2.24, 2.45) is 7.05 Å². The maximum atomic E-state index is 12.9. The van der Waals surface area contributed by atoms with Gasteiger partial charge in [0.1, 0.15) is 0 Å². The Morgan fingerprint density at radius 1 is 1.00 bits per heavy atom. The second kappa shape index (κ2) is 7.46. The van der Waals surface area contributed by atoms with Crippen molar-refractivity contribution >= 4 is 26.6 Å². The van der Waals surface area contributed by atoms with E-state index in [9.17, 15) is 13.2 Å². The Bertz CT molecular complexity index is 1440. The molecule has 2 heterocycles. The number of aromatic amines is 1. The van der Waals surface area contributed by atoms with Crippen LogP contribution in [0.1, 0.15) is 36.7 Å². The smallest absolute Gasteiger partial charge is 0.275 e. The van der Waals surface area contributed by atoms with Crippen LogP contribution in [0.5, 0.6) is 0 Å². The standard InChI is InChI=1S/C23H26N4O3S/c1-14(2)22-16(4)26(5)27(23(22)28)19-7-9-20(10-8-19)31(29,30)25-18-6-11-21-17(13-18)12-15(3)24-21/h6-14,24-25H,1-5H3. The van der Waals surface area contributed by atoms with Gasteiger partial charge in [-0.05, 0) is 68.3 Å². The van der Waals surface area contributed by atoms with E-state index in [0.717, 1.165) is 27.9 Å². The number of fused-ring (bicyclic) bond motifs is 1. The number of aryl methyl sites for hydroxylation is 1. The molecule has 2 aromatic carbocycles. The minimum atomic E-state index is -3.77. The van der Waals surface area contributed by atoms with Crippen molar-refractivity contribution in [1.29, 1.82) is 0 Å². The molecule has 4 rings (SSSR count). The number of hydrogen-bond donors (Lipinski definition) is 2. The Kier molecular flexibility index (Phi) is 5.05. The molecule has 8 heteroatoms. The highest BCUT2D eigenvalue weighted by Crippen LogP contribution is 2.23. The van der Waals surface area contributed by atoms with E-state index >= 15 is 0 Å². The van der Waals surface area contributed by atoms with Crippen molar-refractivity contribution < 1.29 is 8.42 Å². The Morgan fingerprint density at radius 3 is 2.29 bits per heavy atom. The van der Waals surface area contributed by atoms with E-state index in [-0.39, 0.29) is 16.4 Å². The second-order valence-corrected chi connectivity index (χ2v) is 9.83. The van der Waals surface area contributed by atoms with E-state index in [4.69, 9.17) is 0 Å². The maximum Gasteiger partial charge on any atom is 0.275 e. The minimum absolute atomic E-state index is 0.0844. The zero-order valence-corrected chi connectivity index (χ0v) is 19.0. The predicted molar refractivity (Wildman–Crippen MR) is 124 cm³/mol. The summed E-state index contributed by atoms with van der Waals surface area (Å²) in [6, 6.07) is 13.7. The SMILES string of the molecule is Cc1cc2cc(NS(=O)(=O)c3ccc(-n4c(=O)c(C(C)C)c(C)n4C)cc3)ccc2[nH]1. The van der Waals surface area contributed by atoms with Crippen LogP contribution >= 0.6 is 0 Å². The van der Waals surface area contributed by atoms with Crippen LogP contribution < -0.4 is 10.3 Å². The van der Waals surface area contributed by atoms with E-state index in [1.54, 1.807) is 33.6 Å². The summed E-state index contributed by atoms with van der Waals surface area (Å²) in [5, 5.41) is 0.937. The van der Waals surface area contributed by atoms with Gasteiger partial charge in [0.15, 0.2) is 0 Å². The van der Waals surface area contributed by atoms with Crippen molar-refractivity contribution in [3.63, 3.8) is 0 Å². The van der Waals surface area contributed by atoms with Crippen molar-refractivity contribution in [3.8, 4) is 5.69 Å². The third-order valence-corrected chi connectivity index (χ3v) is 6.97. The van der Waals surface area contributed by atoms with Gasteiger partial charge in [0.25, 0.3) is 15.6 Å². The largest absolute Gasteiger partial charge is 0.359 e. The summed E-state index contributed by atoms with van der Waals surface area (Å²) in [6.45, 7) is 7.84. The molecule has 0 atom stereocenters. The molecular formula is C23H26N4O3S. The molecule has 0 fully saturated rings. The number of rotatable bonds is 5. The zero-order chi connectivity index (χ0) is 22.5. The molecule has 0 aliphatic heterocycles. The first kappa shape index (κ1) is 21.0. The average molecular weight is 439 g/mol. The van der Waals surface area contributed by atoms with Gasteiger partial charge in [0.05, 0.1) is 10.6 Å². The van der Waals surface area contributed by atoms with Gasteiger partial charge >= 0.3 is 0 Å². The fourth-order valence-corrected chi connectivity index (χ4v) is 5.06. The van der Waals surface area contributed by atoms with Crippen molar-refractivity contribution in [3.05, 3.63) is 75.8 Å². The Labute approximate surface area is 181 Å². The van der Waals surface area contributed by atoms with Crippen LogP contribution in [0.25, 0.3) is 16.6 Å². The third kappa shape index (κ3) is 3.67. The molecule has 31 heavy (non-hydrogen) atoms. The van der Waals surface area contributed by atoms with E-state index in [1.165, 1.54) is 12.1 Å². The number of sulfonamides is 1. The molecule has 0 amide bonds. The van der Waals surface area contributed by atoms with Crippen LogP contribution in [0, 0.1) is 13.8 Å². The monoisotopic (exact) mass is 438 g/mol. The van der Waals surface area contributed by atoms with Gasteiger partial charge in [-0.1, -0.05) is 13.8 Å². The summed E-state index contributed by atoms with van der Waals surface area (Å²) in [5.41, 5.74) is 4.65. The molecule has 0 radical (unpaired) electrons. The highest BCUT2D eigenvalue weighted by atomic mass is 32.2. The topological polar surface area (TPSA) is 88.9 Å². The lowest BCUT2D eigenvalue weighted by Crippen LogP contribution is -2.21. The minimum Gasteiger partial charge on any atom is -0.359 e. The Balaban J connectivity index is 1.66. The zero-order valence-electron chi connectivity index (χ0n) is 18.2. The number of nitrogens with one attached hydrogen (secondary N) is 2. The van der Waals surface area contributed by atoms with Crippen molar-refractivity contribution in [2.45, 2.75) is 38.5 Å². The van der Waals surface area contributed by atoms with Gasteiger partial charge in [-0.2, -0.15) is 0 Å². The summed E-state index contributed by atoms with van der Waals surface area (Å²) in [4.78, 5) is 16.2. The van der Waals surface area contributed by atoms with E-state index in [0.29, 0.717) is 11.4 Å². The molecule has 2 N–H and O–H groups in total. The highest BCUT2D eigenvalue weighted by Gasteiger charge is 2.20. The number of anilines is 1. The third-order valence-electron chi connectivity index (χ3n) is 5.57. The number of hydrogen-bond acceptors (Lipinski definition) is 3. The van der Waals surface area contributed by atoms with Crippen LogP contribution in [0.2, 0.25) is 0 Å². The number of benzene rings is 2. The summed E-state index contributed by atoms with van der Waals surface area (Å²) >= 11 is 0. The van der Waals surface area contributed by atoms with Crippen LogP contribution in [0.4, 0.5) is 5.69 Å². The molecule has 7 nitrogen and oxygen atoms in total. The molecular weight excluding hydrogens is 412 g/mol. The number of H-pyrrole nitrogens is 1. The molecule has 0 aliphatic rings. The molecule has 0 bridgehead atoms. The lowest BCUT2D eigenvalue weighted by atomic mass is 10.0. The average Bonchev–Trinajstić information content (AvgIpc) is 3.17. The lowest BCUT2D eigenvalue weighted by Gasteiger charge is -2.11. The lowest BCUT2D eigenvalue weighted by molar-refractivity contribution is 0.601. The van der Waals surface area contributed by atoms with Gasteiger partial charge < -0.3 is 4.98 Å². The summed E-state index contributed by atoms with van der Waals surface area (Å²) in [6.07, 6.45) is 0. The van der Waals surface area contributed by atoms with Gasteiger partial charge in [0.2, 0.25) is 0 Å². The molecule has 0 saturated carbocycles. The summed E-state index contributed by atoms with van der Waals surface area (Å²) in [5.74, 6) is 0.102. The quantitative estimate of drug-likeness (QED) is 0.489. The van der Waals surface area contributed by atoms with Gasteiger partial charge in [-0.15, -0.1) is 0 Å². The first-order valence-electron chi connectivity index (χ1n) is 10.1. The van der Waals surface area contributed by atoms with Gasteiger partial charge in [0, 0.05) is 40.6 Å². The fraction of sp³-hybridized carbons (Fsp3) is 0.261.